The Bertz CT molecular complexity index is 965. The summed E-state index contributed by atoms with van der Waals surface area (Å²) in [7, 11) is -0.339. The first-order valence-corrected chi connectivity index (χ1v) is 10.4. The highest BCUT2D eigenvalue weighted by atomic mass is 32.2. The lowest BCUT2D eigenvalue weighted by atomic mass is 10.0. The van der Waals surface area contributed by atoms with Gasteiger partial charge in [0, 0.05) is 13.6 Å². The first kappa shape index (κ1) is 19.0. The zero-order chi connectivity index (χ0) is 19.7. The number of nitrogens with zero attached hydrogens (tertiary/aromatic N) is 1. The van der Waals surface area contributed by atoms with E-state index >= 15 is 0 Å². The second kappa shape index (κ2) is 7.59. The normalized spacial score (nSPS) is 21.8. The number of rotatable bonds is 6. The Hall–Kier alpha value is -2.33. The Morgan fingerprint density at radius 3 is 2.82 bits per heavy atom. The molecule has 4 rings (SSSR count). The van der Waals surface area contributed by atoms with Crippen LogP contribution in [0.15, 0.2) is 42.5 Å². The Labute approximate surface area is 164 Å². The van der Waals surface area contributed by atoms with Crippen molar-refractivity contribution in [3.63, 3.8) is 0 Å². The van der Waals surface area contributed by atoms with Crippen LogP contribution in [0.3, 0.4) is 0 Å². The number of benzene rings is 2. The minimum absolute atomic E-state index is 0.0782. The second-order valence-corrected chi connectivity index (χ2v) is 8.64. The molecule has 2 atom stereocenters. The van der Waals surface area contributed by atoms with Crippen LogP contribution in [-0.2, 0) is 21.4 Å². The summed E-state index contributed by atoms with van der Waals surface area (Å²) in [5.41, 5.74) is 1.61. The largest absolute Gasteiger partial charge is 0.497 e. The van der Waals surface area contributed by atoms with Gasteiger partial charge in [0.25, 0.3) is 0 Å². The average molecular weight is 406 g/mol. The van der Waals surface area contributed by atoms with Gasteiger partial charge in [-0.1, -0.05) is 18.2 Å². The van der Waals surface area contributed by atoms with Crippen LogP contribution in [0.5, 0.6) is 17.2 Å². The van der Waals surface area contributed by atoms with Gasteiger partial charge in [-0.25, -0.2) is 13.1 Å². The van der Waals surface area contributed by atoms with Crippen LogP contribution in [0, 0.1) is 0 Å². The third-order valence-corrected chi connectivity index (χ3v) is 6.67. The molecule has 0 aliphatic carbocycles. The molecule has 0 radical (unpaired) electrons. The number of hydrogen-bond donors (Lipinski definition) is 1. The molecule has 0 saturated carbocycles. The van der Waals surface area contributed by atoms with Crippen molar-refractivity contribution >= 4 is 10.0 Å². The smallest absolute Gasteiger partial charge is 0.231 e. The number of sulfonamides is 1. The van der Waals surface area contributed by atoms with Gasteiger partial charge >= 0.3 is 0 Å². The molecule has 2 aliphatic rings. The summed E-state index contributed by atoms with van der Waals surface area (Å²) in [6.45, 7) is 0.414. The molecule has 0 spiro atoms. The van der Waals surface area contributed by atoms with Crippen LogP contribution < -0.4 is 18.9 Å². The molecule has 28 heavy (non-hydrogen) atoms. The van der Waals surface area contributed by atoms with Crippen LogP contribution in [0.4, 0.5) is 0 Å². The zero-order valence-corrected chi connectivity index (χ0v) is 16.4. The summed E-state index contributed by atoms with van der Waals surface area (Å²) in [6.07, 6.45) is 0. The van der Waals surface area contributed by atoms with Gasteiger partial charge in [0.05, 0.1) is 19.8 Å². The summed E-state index contributed by atoms with van der Waals surface area (Å²) in [5, 5.41) is 0.831. The summed E-state index contributed by atoms with van der Waals surface area (Å²) in [5.74, 6) is 1.95. The fraction of sp³-hybridized carbons (Fsp3) is 0.368. The van der Waals surface area contributed by atoms with Crippen LogP contribution in [0.2, 0.25) is 0 Å². The molecule has 1 N–H and O–H groups in total. The van der Waals surface area contributed by atoms with Crippen LogP contribution >= 0.6 is 0 Å². The lowest BCUT2D eigenvalue weighted by molar-refractivity contribution is -0.110. The lowest BCUT2D eigenvalue weighted by Gasteiger charge is -2.23. The first-order valence-electron chi connectivity index (χ1n) is 8.84. The molecule has 0 amide bonds. The predicted molar refractivity (Wildman–Crippen MR) is 102 cm³/mol. The molecule has 1 saturated heterocycles. The number of hydroxylamine groups is 2. The standard InChI is InChI=1S/C19H22N2O6S/c1-21-19(14-4-3-5-15(9-14)24-2)18(11-27-21)28(22,23)20-10-13-6-7-16-17(8-13)26-12-25-16/h3-9,18-20H,10-12H2,1-2H3/t18-,19+/m1/s1. The maximum atomic E-state index is 13.0. The molecule has 2 heterocycles. The predicted octanol–water partition coefficient (Wildman–Crippen LogP) is 1.83. The van der Waals surface area contributed by atoms with Gasteiger partial charge in [-0.05, 0) is 35.4 Å². The van der Waals surface area contributed by atoms with E-state index < -0.39 is 21.3 Å². The van der Waals surface area contributed by atoms with Crippen LogP contribution in [0.1, 0.15) is 17.2 Å². The van der Waals surface area contributed by atoms with Crippen molar-refractivity contribution in [1.82, 2.24) is 9.79 Å². The SMILES string of the molecule is COc1cccc([C@H]2[C@H](S(=O)(=O)NCc3ccc4c(c3)OCO4)CON2C)c1. The third kappa shape index (κ3) is 3.66. The fourth-order valence-corrected chi connectivity index (χ4v) is 4.94. The van der Waals surface area contributed by atoms with E-state index in [1.54, 1.807) is 31.4 Å². The van der Waals surface area contributed by atoms with E-state index in [0.29, 0.717) is 17.2 Å². The van der Waals surface area contributed by atoms with Crippen LogP contribution in [-0.4, -0.2) is 46.3 Å². The van der Waals surface area contributed by atoms with Gasteiger partial charge < -0.3 is 14.2 Å². The monoisotopic (exact) mass is 406 g/mol. The molecule has 0 unspecified atom stereocenters. The molecular weight excluding hydrogens is 384 g/mol. The third-order valence-electron chi connectivity index (χ3n) is 4.93. The molecular formula is C19H22N2O6S. The summed E-state index contributed by atoms with van der Waals surface area (Å²) >= 11 is 0. The summed E-state index contributed by atoms with van der Waals surface area (Å²) in [4.78, 5) is 5.54. The zero-order valence-electron chi connectivity index (χ0n) is 15.6. The summed E-state index contributed by atoms with van der Waals surface area (Å²) < 4.78 is 44.6. The van der Waals surface area contributed by atoms with Gasteiger partial charge in [-0.3, -0.25) is 4.84 Å². The van der Waals surface area contributed by atoms with Crippen molar-refractivity contribution in [3.05, 3.63) is 53.6 Å². The van der Waals surface area contributed by atoms with Gasteiger partial charge in [-0.2, -0.15) is 5.06 Å². The Balaban J connectivity index is 1.52. The number of fused-ring (bicyclic) bond motifs is 1. The van der Waals surface area contributed by atoms with Crippen LogP contribution in [0.25, 0.3) is 0 Å². The van der Waals surface area contributed by atoms with Crippen molar-refractivity contribution in [2.24, 2.45) is 0 Å². The molecule has 9 heteroatoms. The highest BCUT2D eigenvalue weighted by molar-refractivity contribution is 7.90. The molecule has 1 fully saturated rings. The van der Waals surface area contributed by atoms with E-state index in [-0.39, 0.29) is 19.9 Å². The molecule has 2 aromatic rings. The number of hydrogen-bond acceptors (Lipinski definition) is 7. The van der Waals surface area contributed by atoms with Gasteiger partial charge in [-0.15, -0.1) is 0 Å². The number of nitrogens with one attached hydrogen (secondary N) is 1. The quantitative estimate of drug-likeness (QED) is 0.783. The van der Waals surface area contributed by atoms with E-state index in [2.05, 4.69) is 4.72 Å². The van der Waals surface area contributed by atoms with Crippen molar-refractivity contribution in [3.8, 4) is 17.2 Å². The Morgan fingerprint density at radius 1 is 1.18 bits per heavy atom. The molecule has 2 aliphatic heterocycles. The molecule has 2 aromatic carbocycles. The van der Waals surface area contributed by atoms with Gasteiger partial charge in [0.15, 0.2) is 11.5 Å². The maximum Gasteiger partial charge on any atom is 0.231 e. The van der Waals surface area contributed by atoms with Gasteiger partial charge in [0.1, 0.15) is 11.0 Å². The molecule has 0 aromatic heterocycles. The second-order valence-electron chi connectivity index (χ2n) is 6.66. The maximum absolute atomic E-state index is 13.0. The van der Waals surface area contributed by atoms with E-state index in [1.165, 1.54) is 0 Å². The Morgan fingerprint density at radius 2 is 2.00 bits per heavy atom. The number of methoxy groups -OCH3 is 1. The summed E-state index contributed by atoms with van der Waals surface area (Å²) in [6, 6.07) is 12.3. The van der Waals surface area contributed by atoms with Crippen molar-refractivity contribution in [2.75, 3.05) is 27.6 Å². The van der Waals surface area contributed by atoms with E-state index in [1.807, 2.05) is 30.3 Å². The highest BCUT2D eigenvalue weighted by Crippen LogP contribution is 2.35. The van der Waals surface area contributed by atoms with Crippen molar-refractivity contribution in [1.29, 1.82) is 0 Å². The van der Waals surface area contributed by atoms with Crippen molar-refractivity contribution in [2.45, 2.75) is 17.8 Å². The van der Waals surface area contributed by atoms with Gasteiger partial charge in [0.2, 0.25) is 16.8 Å². The lowest BCUT2D eigenvalue weighted by Crippen LogP contribution is -2.39. The topological polar surface area (TPSA) is 86.3 Å². The fourth-order valence-electron chi connectivity index (χ4n) is 3.45. The first-order chi connectivity index (χ1) is 13.5. The van der Waals surface area contributed by atoms with E-state index in [9.17, 15) is 8.42 Å². The van der Waals surface area contributed by atoms with Crippen molar-refractivity contribution < 1.29 is 27.5 Å². The number of ether oxygens (including phenoxy) is 3. The average Bonchev–Trinajstić information content (AvgIpc) is 3.32. The highest BCUT2D eigenvalue weighted by Gasteiger charge is 2.43. The van der Waals surface area contributed by atoms with E-state index in [4.69, 9.17) is 19.0 Å². The Kier molecular flexibility index (Phi) is 5.15. The minimum atomic E-state index is -3.65. The minimum Gasteiger partial charge on any atom is -0.497 e. The van der Waals surface area contributed by atoms with E-state index in [0.717, 1.165) is 11.1 Å². The molecule has 0 bridgehead atoms. The molecule has 150 valence electrons. The molecule has 8 nitrogen and oxygen atoms in total.